The number of nitrogens with one attached hydrogen (secondary N) is 1. The molecule has 2 heterocycles. The highest BCUT2D eigenvalue weighted by Gasteiger charge is 2.41. The highest BCUT2D eigenvalue weighted by Crippen LogP contribution is 2.21. The number of amides is 2. The Morgan fingerprint density at radius 3 is 2.75 bits per heavy atom. The number of nitrogens with zero attached hydrogens (tertiary/aromatic N) is 2. The number of piperazine rings is 1. The van der Waals surface area contributed by atoms with Crippen LogP contribution in [0, 0.1) is 5.92 Å². The van der Waals surface area contributed by atoms with Crippen LogP contribution in [0.2, 0.25) is 0 Å². The molecule has 0 aliphatic carbocycles. The molecule has 20 heavy (non-hydrogen) atoms. The number of hydrogen-bond donors (Lipinski definition) is 1. The Bertz CT molecular complexity index is 473. The number of hydrogen-bond acceptors (Lipinski definition) is 4. The molecule has 1 aromatic rings. The number of thiazole rings is 1. The second-order valence-corrected chi connectivity index (χ2v) is 6.20. The van der Waals surface area contributed by atoms with Gasteiger partial charge in [-0.3, -0.25) is 9.59 Å². The Labute approximate surface area is 123 Å². The van der Waals surface area contributed by atoms with Crippen LogP contribution in [-0.4, -0.2) is 33.8 Å². The van der Waals surface area contributed by atoms with E-state index < -0.39 is 6.04 Å². The highest BCUT2D eigenvalue weighted by molar-refractivity contribution is 7.07. The van der Waals surface area contributed by atoms with Gasteiger partial charge in [0.1, 0.15) is 12.1 Å². The summed E-state index contributed by atoms with van der Waals surface area (Å²) in [5.74, 6) is 0.0478. The minimum Gasteiger partial charge on any atom is -0.342 e. The van der Waals surface area contributed by atoms with Crippen molar-refractivity contribution in [3.63, 3.8) is 0 Å². The van der Waals surface area contributed by atoms with Crippen molar-refractivity contribution in [3.8, 4) is 0 Å². The molecule has 1 aliphatic heterocycles. The zero-order chi connectivity index (χ0) is 14.7. The average Bonchev–Trinajstić information content (AvgIpc) is 2.88. The van der Waals surface area contributed by atoms with Gasteiger partial charge in [0, 0.05) is 5.38 Å². The van der Waals surface area contributed by atoms with Crippen LogP contribution in [0.4, 0.5) is 0 Å². The van der Waals surface area contributed by atoms with E-state index in [0.717, 1.165) is 12.1 Å². The van der Waals surface area contributed by atoms with Gasteiger partial charge >= 0.3 is 0 Å². The Hall–Kier alpha value is -1.43. The lowest BCUT2D eigenvalue weighted by Gasteiger charge is -2.40. The summed E-state index contributed by atoms with van der Waals surface area (Å²) in [5.41, 5.74) is 2.59. The summed E-state index contributed by atoms with van der Waals surface area (Å²) in [6.45, 7) is 6.36. The van der Waals surface area contributed by atoms with Crippen molar-refractivity contribution < 1.29 is 9.59 Å². The maximum Gasteiger partial charge on any atom is 0.246 e. The summed E-state index contributed by atoms with van der Waals surface area (Å²) in [4.78, 5) is 30.8. The molecule has 1 aromatic heterocycles. The maximum atomic E-state index is 12.6. The molecular formula is C14H21N3O2S. The molecule has 0 spiro atoms. The van der Waals surface area contributed by atoms with Gasteiger partial charge in [-0.15, -0.1) is 11.3 Å². The summed E-state index contributed by atoms with van der Waals surface area (Å²) in [6, 6.07) is -0.793. The van der Waals surface area contributed by atoms with Crippen molar-refractivity contribution in [2.24, 2.45) is 5.92 Å². The lowest BCUT2D eigenvalue weighted by Crippen LogP contribution is -2.64. The van der Waals surface area contributed by atoms with E-state index in [2.05, 4.69) is 10.3 Å². The third kappa shape index (κ3) is 3.00. The van der Waals surface area contributed by atoms with Crippen LogP contribution in [0.5, 0.6) is 0 Å². The van der Waals surface area contributed by atoms with E-state index in [9.17, 15) is 9.59 Å². The van der Waals surface area contributed by atoms with Crippen molar-refractivity contribution in [2.45, 2.75) is 52.2 Å². The predicted octanol–water partition coefficient (Wildman–Crippen LogP) is 1.79. The van der Waals surface area contributed by atoms with Gasteiger partial charge in [-0.05, 0) is 12.3 Å². The van der Waals surface area contributed by atoms with E-state index in [1.54, 1.807) is 10.4 Å². The molecule has 0 aromatic carbocycles. The summed E-state index contributed by atoms with van der Waals surface area (Å²) < 4.78 is 0. The largest absolute Gasteiger partial charge is 0.342 e. The molecule has 2 amide bonds. The normalized spacial score (nSPS) is 23.3. The monoisotopic (exact) mass is 295 g/mol. The van der Waals surface area contributed by atoms with Gasteiger partial charge in [0.05, 0.1) is 17.7 Å². The molecule has 1 saturated heterocycles. The van der Waals surface area contributed by atoms with Gasteiger partial charge in [0.25, 0.3) is 0 Å². The van der Waals surface area contributed by atoms with E-state index in [4.69, 9.17) is 0 Å². The van der Waals surface area contributed by atoms with Crippen LogP contribution < -0.4 is 5.32 Å². The van der Waals surface area contributed by atoms with Crippen LogP contribution in [0.15, 0.2) is 10.9 Å². The fourth-order valence-corrected chi connectivity index (χ4v) is 3.16. The molecule has 6 heteroatoms. The maximum absolute atomic E-state index is 12.6. The van der Waals surface area contributed by atoms with Crippen molar-refractivity contribution in [2.75, 3.05) is 0 Å². The quantitative estimate of drug-likeness (QED) is 0.901. The number of carbonyl (C=O) groups excluding carboxylic acids is 2. The first kappa shape index (κ1) is 15.0. The standard InChI is InChI=1S/C14H21N3O2S/c1-4-5-11-14(19)17(6-10-7-20-8-15-10)12(9(2)3)13(18)16-11/h7-9,11-12H,4-6H2,1-3H3,(H,16,18). The third-order valence-corrected chi connectivity index (χ3v) is 4.16. The number of carbonyl (C=O) groups is 2. The van der Waals surface area contributed by atoms with Gasteiger partial charge in [-0.1, -0.05) is 27.2 Å². The molecule has 5 nitrogen and oxygen atoms in total. The summed E-state index contributed by atoms with van der Waals surface area (Å²) in [6.07, 6.45) is 1.55. The van der Waals surface area contributed by atoms with Crippen LogP contribution in [0.25, 0.3) is 0 Å². The Morgan fingerprint density at radius 2 is 2.20 bits per heavy atom. The molecule has 110 valence electrons. The lowest BCUT2D eigenvalue weighted by atomic mass is 9.95. The minimum absolute atomic E-state index is 0.0122. The predicted molar refractivity (Wildman–Crippen MR) is 78.1 cm³/mol. The van der Waals surface area contributed by atoms with Crippen LogP contribution in [0.1, 0.15) is 39.3 Å². The zero-order valence-electron chi connectivity index (χ0n) is 12.1. The SMILES string of the molecule is CCCC1NC(=O)C(C(C)C)N(Cc2cscn2)C1=O. The Balaban J connectivity index is 2.24. The van der Waals surface area contributed by atoms with E-state index in [1.165, 1.54) is 11.3 Å². The summed E-state index contributed by atoms with van der Waals surface area (Å²) >= 11 is 1.50. The van der Waals surface area contributed by atoms with Crippen molar-refractivity contribution in [1.29, 1.82) is 0 Å². The minimum atomic E-state index is -0.405. The average molecular weight is 295 g/mol. The van der Waals surface area contributed by atoms with Gasteiger partial charge in [0.15, 0.2) is 0 Å². The molecule has 1 aliphatic rings. The molecule has 1 N–H and O–H groups in total. The van der Waals surface area contributed by atoms with E-state index in [-0.39, 0.29) is 23.8 Å². The van der Waals surface area contributed by atoms with Crippen molar-refractivity contribution in [3.05, 3.63) is 16.6 Å². The molecule has 0 radical (unpaired) electrons. The van der Waals surface area contributed by atoms with Crippen molar-refractivity contribution >= 4 is 23.2 Å². The zero-order valence-corrected chi connectivity index (χ0v) is 12.9. The Morgan fingerprint density at radius 1 is 1.45 bits per heavy atom. The van der Waals surface area contributed by atoms with Crippen LogP contribution in [0.3, 0.4) is 0 Å². The van der Waals surface area contributed by atoms with Gasteiger partial charge in [0.2, 0.25) is 11.8 Å². The fraction of sp³-hybridized carbons (Fsp3) is 0.643. The first-order valence-corrected chi connectivity index (χ1v) is 7.96. The molecular weight excluding hydrogens is 274 g/mol. The Kier molecular flexibility index (Phi) is 4.75. The summed E-state index contributed by atoms with van der Waals surface area (Å²) in [7, 11) is 0. The van der Waals surface area contributed by atoms with Gasteiger partial charge in [-0.25, -0.2) is 4.98 Å². The molecule has 2 rings (SSSR count). The van der Waals surface area contributed by atoms with Crippen molar-refractivity contribution in [1.82, 2.24) is 15.2 Å². The lowest BCUT2D eigenvalue weighted by molar-refractivity contribution is -0.152. The van der Waals surface area contributed by atoms with E-state index in [0.29, 0.717) is 13.0 Å². The van der Waals surface area contributed by atoms with E-state index in [1.807, 2.05) is 26.2 Å². The fourth-order valence-electron chi connectivity index (χ4n) is 2.61. The second kappa shape index (κ2) is 6.35. The first-order valence-electron chi connectivity index (χ1n) is 7.02. The molecule has 2 atom stereocenters. The molecule has 0 saturated carbocycles. The van der Waals surface area contributed by atoms with Crippen LogP contribution >= 0.6 is 11.3 Å². The number of aromatic nitrogens is 1. The first-order chi connectivity index (χ1) is 9.54. The molecule has 0 bridgehead atoms. The molecule has 2 unspecified atom stereocenters. The topological polar surface area (TPSA) is 62.3 Å². The van der Waals surface area contributed by atoms with Crippen LogP contribution in [-0.2, 0) is 16.1 Å². The highest BCUT2D eigenvalue weighted by atomic mass is 32.1. The third-order valence-electron chi connectivity index (χ3n) is 3.53. The van der Waals surface area contributed by atoms with E-state index >= 15 is 0 Å². The second-order valence-electron chi connectivity index (χ2n) is 5.48. The van der Waals surface area contributed by atoms with Gasteiger partial charge in [-0.2, -0.15) is 0 Å². The molecule has 1 fully saturated rings. The van der Waals surface area contributed by atoms with Gasteiger partial charge < -0.3 is 10.2 Å². The smallest absolute Gasteiger partial charge is 0.246 e. The number of rotatable bonds is 5. The summed E-state index contributed by atoms with van der Waals surface area (Å²) in [5, 5.41) is 4.78.